The van der Waals surface area contributed by atoms with E-state index in [4.69, 9.17) is 5.73 Å². The third-order valence-electron chi connectivity index (χ3n) is 3.15. The summed E-state index contributed by atoms with van der Waals surface area (Å²) in [6, 6.07) is 0. The van der Waals surface area contributed by atoms with E-state index >= 15 is 0 Å². The molecular weight excluding hydrogens is 218 g/mol. The van der Waals surface area contributed by atoms with Crippen molar-refractivity contribution in [2.75, 3.05) is 19.6 Å². The normalized spacial score (nSPS) is 16.5. The molecule has 0 atom stereocenters. The largest absolute Gasteiger partial charge is 0.354 e. The molecular formula is C12H23N3O2. The Balaban J connectivity index is 2.02. The van der Waals surface area contributed by atoms with E-state index in [2.05, 4.69) is 10.6 Å². The van der Waals surface area contributed by atoms with Crippen molar-refractivity contribution < 1.29 is 9.59 Å². The van der Waals surface area contributed by atoms with Crippen LogP contribution in [0.5, 0.6) is 0 Å². The highest BCUT2D eigenvalue weighted by molar-refractivity contribution is 5.78. The molecule has 1 rings (SSSR count). The van der Waals surface area contributed by atoms with Crippen molar-refractivity contribution >= 4 is 11.8 Å². The molecule has 1 aliphatic rings. The van der Waals surface area contributed by atoms with Gasteiger partial charge in [-0.3, -0.25) is 9.59 Å². The number of nitrogens with two attached hydrogens (primary N) is 1. The van der Waals surface area contributed by atoms with Gasteiger partial charge in [-0.2, -0.15) is 0 Å². The fourth-order valence-corrected chi connectivity index (χ4v) is 2.20. The molecule has 1 saturated carbocycles. The summed E-state index contributed by atoms with van der Waals surface area (Å²) in [5, 5.41) is 5.43. The van der Waals surface area contributed by atoms with Crippen LogP contribution in [0, 0.1) is 5.92 Å². The molecule has 0 spiro atoms. The highest BCUT2D eigenvalue weighted by atomic mass is 16.2. The summed E-state index contributed by atoms with van der Waals surface area (Å²) in [7, 11) is 0. The van der Waals surface area contributed by atoms with Crippen molar-refractivity contribution in [3.05, 3.63) is 0 Å². The van der Waals surface area contributed by atoms with Crippen LogP contribution in [0.1, 0.15) is 38.5 Å². The molecule has 0 saturated heterocycles. The molecule has 5 heteroatoms. The van der Waals surface area contributed by atoms with Gasteiger partial charge in [0, 0.05) is 19.5 Å². The van der Waals surface area contributed by atoms with Crippen LogP contribution in [0.15, 0.2) is 0 Å². The quantitative estimate of drug-likeness (QED) is 0.579. The predicted octanol–water partition coefficient (Wildman–Crippen LogP) is 0.148. The Morgan fingerprint density at radius 2 is 1.59 bits per heavy atom. The van der Waals surface area contributed by atoms with E-state index in [1.54, 1.807) is 0 Å². The Bertz CT molecular complexity index is 250. The second-order valence-electron chi connectivity index (χ2n) is 4.61. The number of hydrogen-bond donors (Lipinski definition) is 3. The van der Waals surface area contributed by atoms with Crippen LogP contribution in [0.4, 0.5) is 0 Å². The SMILES string of the molecule is NCC(=O)NCCNC(=O)CC1CCCCC1. The molecule has 0 radical (unpaired) electrons. The first-order valence-corrected chi connectivity index (χ1v) is 6.46. The molecule has 2 amide bonds. The van der Waals surface area contributed by atoms with Crippen molar-refractivity contribution in [3.8, 4) is 0 Å². The zero-order valence-corrected chi connectivity index (χ0v) is 10.3. The van der Waals surface area contributed by atoms with E-state index in [-0.39, 0.29) is 18.4 Å². The summed E-state index contributed by atoms with van der Waals surface area (Å²) in [4.78, 5) is 22.4. The summed E-state index contributed by atoms with van der Waals surface area (Å²) in [5.74, 6) is 0.466. The van der Waals surface area contributed by atoms with Gasteiger partial charge in [0.15, 0.2) is 0 Å². The first-order chi connectivity index (χ1) is 8.22. The third-order valence-corrected chi connectivity index (χ3v) is 3.15. The minimum Gasteiger partial charge on any atom is -0.354 e. The van der Waals surface area contributed by atoms with E-state index in [0.29, 0.717) is 25.4 Å². The Hall–Kier alpha value is -1.10. The molecule has 0 aliphatic heterocycles. The first-order valence-electron chi connectivity index (χ1n) is 6.46. The lowest BCUT2D eigenvalue weighted by atomic mass is 9.87. The molecule has 0 bridgehead atoms. The minimum absolute atomic E-state index is 0.00395. The molecule has 0 heterocycles. The van der Waals surface area contributed by atoms with Gasteiger partial charge in [0.05, 0.1) is 6.54 Å². The Morgan fingerprint density at radius 3 is 2.18 bits per heavy atom. The second kappa shape index (κ2) is 8.06. The molecule has 1 fully saturated rings. The lowest BCUT2D eigenvalue weighted by Gasteiger charge is -2.20. The van der Waals surface area contributed by atoms with Crippen molar-refractivity contribution in [1.82, 2.24) is 10.6 Å². The average Bonchev–Trinajstić information content (AvgIpc) is 2.35. The summed E-state index contributed by atoms with van der Waals surface area (Å²) >= 11 is 0. The molecule has 0 aromatic heterocycles. The van der Waals surface area contributed by atoms with E-state index in [1.807, 2.05) is 0 Å². The van der Waals surface area contributed by atoms with Gasteiger partial charge in [0.25, 0.3) is 0 Å². The van der Waals surface area contributed by atoms with Crippen molar-refractivity contribution in [2.45, 2.75) is 38.5 Å². The monoisotopic (exact) mass is 241 g/mol. The Kier molecular flexibility index (Phi) is 6.62. The maximum atomic E-state index is 11.6. The van der Waals surface area contributed by atoms with Gasteiger partial charge < -0.3 is 16.4 Å². The Labute approximate surface area is 103 Å². The van der Waals surface area contributed by atoms with Crippen LogP contribution in [-0.4, -0.2) is 31.4 Å². The predicted molar refractivity (Wildman–Crippen MR) is 66.3 cm³/mol. The average molecular weight is 241 g/mol. The zero-order valence-electron chi connectivity index (χ0n) is 10.3. The van der Waals surface area contributed by atoms with Crippen LogP contribution >= 0.6 is 0 Å². The van der Waals surface area contributed by atoms with Gasteiger partial charge >= 0.3 is 0 Å². The smallest absolute Gasteiger partial charge is 0.233 e. The molecule has 98 valence electrons. The molecule has 1 aliphatic carbocycles. The van der Waals surface area contributed by atoms with Crippen molar-refractivity contribution in [2.24, 2.45) is 11.7 Å². The number of carbonyl (C=O) groups is 2. The van der Waals surface area contributed by atoms with Gasteiger partial charge in [-0.05, 0) is 18.8 Å². The van der Waals surface area contributed by atoms with Crippen LogP contribution in [0.2, 0.25) is 0 Å². The number of rotatable bonds is 6. The van der Waals surface area contributed by atoms with E-state index in [0.717, 1.165) is 0 Å². The number of carbonyl (C=O) groups excluding carboxylic acids is 2. The summed E-state index contributed by atoms with van der Waals surface area (Å²) in [5.41, 5.74) is 5.14. The minimum atomic E-state index is -0.188. The van der Waals surface area contributed by atoms with Gasteiger partial charge in [-0.1, -0.05) is 19.3 Å². The number of amides is 2. The lowest BCUT2D eigenvalue weighted by molar-refractivity contribution is -0.123. The fourth-order valence-electron chi connectivity index (χ4n) is 2.20. The zero-order chi connectivity index (χ0) is 12.5. The fraction of sp³-hybridized carbons (Fsp3) is 0.833. The maximum absolute atomic E-state index is 11.6. The van der Waals surface area contributed by atoms with Crippen LogP contribution in [0.3, 0.4) is 0 Å². The Morgan fingerprint density at radius 1 is 1.00 bits per heavy atom. The summed E-state index contributed by atoms with van der Waals surface area (Å²) < 4.78 is 0. The van der Waals surface area contributed by atoms with E-state index in [9.17, 15) is 9.59 Å². The van der Waals surface area contributed by atoms with Crippen LogP contribution in [0.25, 0.3) is 0 Å². The molecule has 17 heavy (non-hydrogen) atoms. The van der Waals surface area contributed by atoms with E-state index in [1.165, 1.54) is 32.1 Å². The molecule has 4 N–H and O–H groups in total. The number of nitrogens with one attached hydrogen (secondary N) is 2. The summed E-state index contributed by atoms with van der Waals surface area (Å²) in [6.07, 6.45) is 6.80. The molecule has 0 unspecified atom stereocenters. The standard InChI is InChI=1S/C12H23N3O2/c13-9-12(17)15-7-6-14-11(16)8-10-4-2-1-3-5-10/h10H,1-9,13H2,(H,14,16)(H,15,17). The highest BCUT2D eigenvalue weighted by Crippen LogP contribution is 2.25. The van der Waals surface area contributed by atoms with Gasteiger partial charge in [0.2, 0.25) is 11.8 Å². The topological polar surface area (TPSA) is 84.2 Å². The maximum Gasteiger partial charge on any atom is 0.233 e. The van der Waals surface area contributed by atoms with Crippen LogP contribution < -0.4 is 16.4 Å². The molecule has 5 nitrogen and oxygen atoms in total. The van der Waals surface area contributed by atoms with Crippen LogP contribution in [-0.2, 0) is 9.59 Å². The van der Waals surface area contributed by atoms with Gasteiger partial charge in [-0.15, -0.1) is 0 Å². The number of hydrogen-bond acceptors (Lipinski definition) is 3. The molecule has 0 aromatic carbocycles. The second-order valence-corrected chi connectivity index (χ2v) is 4.61. The third kappa shape index (κ3) is 6.26. The van der Waals surface area contributed by atoms with Gasteiger partial charge in [-0.25, -0.2) is 0 Å². The van der Waals surface area contributed by atoms with Gasteiger partial charge in [0.1, 0.15) is 0 Å². The van der Waals surface area contributed by atoms with Crippen molar-refractivity contribution in [1.29, 1.82) is 0 Å². The highest BCUT2D eigenvalue weighted by Gasteiger charge is 2.16. The lowest BCUT2D eigenvalue weighted by Crippen LogP contribution is -2.37. The summed E-state index contributed by atoms with van der Waals surface area (Å²) in [6.45, 7) is 0.930. The first kappa shape index (κ1) is 14.0. The van der Waals surface area contributed by atoms with Crippen molar-refractivity contribution in [3.63, 3.8) is 0 Å². The van der Waals surface area contributed by atoms with E-state index < -0.39 is 0 Å². The molecule has 0 aromatic rings.